The number of carbonyl (C=O) groups is 3. The van der Waals surface area contributed by atoms with Crippen molar-refractivity contribution in [3.63, 3.8) is 0 Å². The van der Waals surface area contributed by atoms with Crippen LogP contribution in [0.2, 0.25) is 0 Å². The number of nitrogens with zero attached hydrogens (tertiary/aromatic N) is 1. The maximum absolute atomic E-state index is 12.9. The maximum Gasteiger partial charge on any atom is 0.472 e. The SMILES string of the molecule is CCCCC/C=C\C/C=C\CCCCCCCCCCCC(=O)OC[C@H](COP(=O)(O)OCC[N+](C)(C)C)OC(=O)CCCCCC[C@H]1C(=O)C[C@@H](O)[C@@H]1/C=C/[C@@H](O)CCCCC. The Morgan fingerprint density at radius 1 is 0.746 bits per heavy atom. The molecular weight excluding hydrogens is 822 g/mol. The number of unbranched alkanes of at least 4 members (excludes halogenated alkanes) is 17. The van der Waals surface area contributed by atoms with Crippen molar-refractivity contribution in [2.45, 2.75) is 206 Å². The highest BCUT2D eigenvalue weighted by Gasteiger charge is 2.39. The van der Waals surface area contributed by atoms with Crippen molar-refractivity contribution in [2.75, 3.05) is 47.5 Å². The van der Waals surface area contributed by atoms with Gasteiger partial charge >= 0.3 is 19.8 Å². The molecule has 12 nitrogen and oxygen atoms in total. The summed E-state index contributed by atoms with van der Waals surface area (Å²) in [6.07, 6.45) is 35.1. The number of esters is 2. The summed E-state index contributed by atoms with van der Waals surface area (Å²) >= 11 is 0. The van der Waals surface area contributed by atoms with Crippen LogP contribution in [0.5, 0.6) is 0 Å². The predicted molar refractivity (Wildman–Crippen MR) is 253 cm³/mol. The molecule has 1 rings (SSSR count). The number of quaternary nitrogens is 1. The second kappa shape index (κ2) is 37.0. The van der Waals surface area contributed by atoms with E-state index in [1.165, 1.54) is 57.8 Å². The number of phosphoric acid groups is 1. The van der Waals surface area contributed by atoms with Gasteiger partial charge in [0.15, 0.2) is 6.10 Å². The monoisotopic (exact) mass is 913 g/mol. The van der Waals surface area contributed by atoms with Gasteiger partial charge in [0.2, 0.25) is 0 Å². The smallest absolute Gasteiger partial charge is 0.462 e. The molecule has 1 saturated carbocycles. The molecule has 0 radical (unpaired) electrons. The Morgan fingerprint density at radius 2 is 1.30 bits per heavy atom. The highest BCUT2D eigenvalue weighted by atomic mass is 31.2. The number of Topliss-reactive ketones (excluding diaryl/α,β-unsaturated/α-hetero) is 1. The van der Waals surface area contributed by atoms with E-state index in [1.807, 2.05) is 27.2 Å². The first-order valence-corrected chi connectivity index (χ1v) is 26.3. The lowest BCUT2D eigenvalue weighted by molar-refractivity contribution is -0.870. The largest absolute Gasteiger partial charge is 0.472 e. The molecule has 0 saturated heterocycles. The molecule has 0 bridgehead atoms. The molecule has 1 aliphatic carbocycles. The number of aliphatic hydroxyl groups is 2. The number of ether oxygens (including phenoxy) is 2. The average molecular weight is 913 g/mol. The molecule has 1 unspecified atom stereocenters. The van der Waals surface area contributed by atoms with E-state index < -0.39 is 44.7 Å². The van der Waals surface area contributed by atoms with E-state index in [2.05, 4.69) is 38.2 Å². The number of carbonyl (C=O) groups excluding carboxylic acids is 3. The van der Waals surface area contributed by atoms with Crippen molar-refractivity contribution in [3.05, 3.63) is 36.5 Å². The lowest BCUT2D eigenvalue weighted by atomic mass is 9.88. The van der Waals surface area contributed by atoms with Gasteiger partial charge in [-0.2, -0.15) is 0 Å². The Morgan fingerprint density at radius 3 is 1.92 bits per heavy atom. The van der Waals surface area contributed by atoms with Gasteiger partial charge in [-0.05, 0) is 57.8 Å². The summed E-state index contributed by atoms with van der Waals surface area (Å²) in [7, 11) is 1.33. The minimum absolute atomic E-state index is 0.0125. The average Bonchev–Trinajstić information content (AvgIpc) is 3.50. The van der Waals surface area contributed by atoms with Crippen molar-refractivity contribution in [1.82, 2.24) is 0 Å². The summed E-state index contributed by atoms with van der Waals surface area (Å²) in [5.41, 5.74) is 0. The van der Waals surface area contributed by atoms with Crippen molar-refractivity contribution in [1.29, 1.82) is 0 Å². The molecule has 366 valence electrons. The van der Waals surface area contributed by atoms with Gasteiger partial charge < -0.3 is 29.1 Å². The number of likely N-dealkylation sites (N-methyl/N-ethyl adjacent to an activating group) is 1. The quantitative estimate of drug-likeness (QED) is 0.0176. The number of hydrogen-bond acceptors (Lipinski definition) is 10. The molecule has 63 heavy (non-hydrogen) atoms. The van der Waals surface area contributed by atoms with Gasteiger partial charge in [0.05, 0.1) is 40.0 Å². The van der Waals surface area contributed by atoms with Crippen LogP contribution in [-0.2, 0) is 37.5 Å². The molecule has 0 heterocycles. The fraction of sp³-hybridized carbons (Fsp3) is 0.820. The molecule has 0 aromatic heterocycles. The van der Waals surface area contributed by atoms with Crippen molar-refractivity contribution < 1.29 is 57.1 Å². The number of rotatable bonds is 41. The van der Waals surface area contributed by atoms with Crippen LogP contribution in [0, 0.1) is 11.8 Å². The lowest BCUT2D eigenvalue weighted by Crippen LogP contribution is -2.37. The lowest BCUT2D eigenvalue weighted by Gasteiger charge is -2.24. The molecular formula is C50H91NO11P+. The summed E-state index contributed by atoms with van der Waals surface area (Å²) in [6.45, 7) is 4.02. The molecule has 0 spiro atoms. The third-order valence-electron chi connectivity index (χ3n) is 11.5. The number of phosphoric ester groups is 1. The molecule has 0 aliphatic heterocycles. The molecule has 3 N–H and O–H groups in total. The van der Waals surface area contributed by atoms with E-state index in [0.717, 1.165) is 64.2 Å². The fourth-order valence-corrected chi connectivity index (χ4v) is 8.33. The summed E-state index contributed by atoms with van der Waals surface area (Å²) in [5.74, 6) is -1.50. The molecule has 0 aromatic carbocycles. The maximum atomic E-state index is 12.9. The summed E-state index contributed by atoms with van der Waals surface area (Å²) < 4.78 is 34.4. The van der Waals surface area contributed by atoms with Gasteiger partial charge in [0, 0.05) is 31.1 Å². The minimum atomic E-state index is -4.45. The van der Waals surface area contributed by atoms with E-state index in [9.17, 15) is 34.1 Å². The first kappa shape index (κ1) is 58.8. The van der Waals surface area contributed by atoms with Gasteiger partial charge in [0.25, 0.3) is 0 Å². The third-order valence-corrected chi connectivity index (χ3v) is 12.5. The van der Waals surface area contributed by atoms with Crippen LogP contribution in [0.25, 0.3) is 0 Å². The van der Waals surface area contributed by atoms with Crippen LogP contribution >= 0.6 is 7.82 Å². The van der Waals surface area contributed by atoms with E-state index in [1.54, 1.807) is 6.08 Å². The van der Waals surface area contributed by atoms with E-state index in [-0.39, 0.29) is 50.1 Å². The van der Waals surface area contributed by atoms with Crippen LogP contribution in [0.3, 0.4) is 0 Å². The molecule has 13 heteroatoms. The van der Waals surface area contributed by atoms with Crippen molar-refractivity contribution >= 4 is 25.5 Å². The third kappa shape index (κ3) is 33.9. The minimum Gasteiger partial charge on any atom is -0.462 e. The molecule has 0 aromatic rings. The van der Waals surface area contributed by atoms with Crippen molar-refractivity contribution in [2.24, 2.45) is 11.8 Å². The summed E-state index contributed by atoms with van der Waals surface area (Å²) in [5, 5.41) is 20.8. The van der Waals surface area contributed by atoms with Crippen LogP contribution in [0.1, 0.15) is 187 Å². The fourth-order valence-electron chi connectivity index (χ4n) is 7.59. The van der Waals surface area contributed by atoms with Gasteiger partial charge in [-0.3, -0.25) is 23.4 Å². The molecule has 1 aliphatic rings. The Hall–Kier alpha value is -2.18. The number of aliphatic hydroxyl groups excluding tert-OH is 2. The standard InChI is InChI=1S/C50H90NO11P/c1-6-8-10-11-12-13-14-15-16-17-18-19-20-21-22-23-24-25-30-34-49(55)59-41-44(42-61-63(57,58)60-39-38-51(3,4)5)62-50(56)35-31-27-26-29-33-45-46(48(54)40-47(45)53)37-36-43(52)32-28-9-7-2/h12-13,15-16,36-37,43-46,48,52,54H,6-11,14,17-35,38-42H2,1-5H3/p+1/b13-12-,16-15-,37-36+/t43-,44+,45+,46+,48+/m0/s1. The summed E-state index contributed by atoms with van der Waals surface area (Å²) in [6, 6.07) is 0. The second-order valence-corrected chi connectivity index (χ2v) is 20.1. The Kier molecular flexibility index (Phi) is 34.5. The first-order valence-electron chi connectivity index (χ1n) is 24.8. The molecule has 6 atom stereocenters. The predicted octanol–water partition coefficient (Wildman–Crippen LogP) is 11.1. The van der Waals surface area contributed by atoms with E-state index >= 15 is 0 Å². The highest BCUT2D eigenvalue weighted by Crippen LogP contribution is 2.43. The topological polar surface area (TPSA) is 166 Å². The van der Waals surface area contributed by atoms with E-state index in [0.29, 0.717) is 43.1 Å². The normalized spacial score (nSPS) is 19.0. The van der Waals surface area contributed by atoms with Gasteiger partial charge in [0.1, 0.15) is 25.5 Å². The number of allylic oxidation sites excluding steroid dienone is 4. The summed E-state index contributed by atoms with van der Waals surface area (Å²) in [4.78, 5) is 48.3. The van der Waals surface area contributed by atoms with E-state index in [4.69, 9.17) is 18.5 Å². The van der Waals surface area contributed by atoms with Crippen LogP contribution < -0.4 is 0 Å². The Labute approximate surface area is 382 Å². The zero-order valence-electron chi connectivity index (χ0n) is 40.3. The molecule has 0 amide bonds. The zero-order valence-corrected chi connectivity index (χ0v) is 41.2. The van der Waals surface area contributed by atoms with Crippen LogP contribution in [-0.4, -0.2) is 103 Å². The number of ketones is 1. The highest BCUT2D eigenvalue weighted by molar-refractivity contribution is 7.47. The van der Waals surface area contributed by atoms with Crippen LogP contribution in [0.4, 0.5) is 0 Å². The van der Waals surface area contributed by atoms with Crippen LogP contribution in [0.15, 0.2) is 36.5 Å². The van der Waals surface area contributed by atoms with Gasteiger partial charge in [-0.25, -0.2) is 4.57 Å². The zero-order chi connectivity index (χ0) is 46.6. The van der Waals surface area contributed by atoms with Gasteiger partial charge in [-0.15, -0.1) is 0 Å². The Bertz CT molecular complexity index is 1330. The first-order chi connectivity index (χ1) is 30.2. The molecule has 1 fully saturated rings. The number of hydrogen-bond donors (Lipinski definition) is 3. The second-order valence-electron chi connectivity index (χ2n) is 18.6. The van der Waals surface area contributed by atoms with Gasteiger partial charge in [-0.1, -0.05) is 147 Å². The van der Waals surface area contributed by atoms with Crippen molar-refractivity contribution in [3.8, 4) is 0 Å². The Balaban J connectivity index is 2.41.